The van der Waals surface area contributed by atoms with Gasteiger partial charge in [0.05, 0.1) is 5.56 Å². The number of aliphatic hydroxyl groups is 1. The van der Waals surface area contributed by atoms with Gasteiger partial charge in [0.1, 0.15) is 17.6 Å². The first kappa shape index (κ1) is 27.6. The lowest BCUT2D eigenvalue weighted by Crippen LogP contribution is -2.43. The Morgan fingerprint density at radius 2 is 1.53 bits per heavy atom. The Morgan fingerprint density at radius 3 is 2.11 bits per heavy atom. The van der Waals surface area contributed by atoms with Crippen LogP contribution in [0.25, 0.3) is 0 Å². The zero-order chi connectivity index (χ0) is 26.6. The number of hydrogen-bond donors (Lipinski definition) is 3. The first-order chi connectivity index (χ1) is 17.0. The molecule has 1 saturated heterocycles. The minimum absolute atomic E-state index is 0.0253. The molecule has 0 aromatic heterocycles. The van der Waals surface area contributed by atoms with Crippen molar-refractivity contribution in [2.24, 2.45) is 0 Å². The number of benzene rings is 2. The molecule has 4 rings (SSSR count). The molecule has 2 heterocycles. The van der Waals surface area contributed by atoms with Crippen LogP contribution in [-0.2, 0) is 24.4 Å². The molecule has 0 bridgehead atoms. The van der Waals surface area contributed by atoms with E-state index in [0.29, 0.717) is 18.7 Å². The Kier molecular flexibility index (Phi) is 9.11. The summed E-state index contributed by atoms with van der Waals surface area (Å²) >= 11 is 0. The number of aromatic hydroxyl groups is 2. The molecule has 2 aliphatic heterocycles. The third-order valence-corrected chi connectivity index (χ3v) is 6.87. The van der Waals surface area contributed by atoms with Gasteiger partial charge in [-0.15, -0.1) is 0 Å². The predicted octanol–water partition coefficient (Wildman–Crippen LogP) is 3.08. The van der Waals surface area contributed by atoms with Crippen molar-refractivity contribution in [2.75, 3.05) is 33.2 Å². The highest BCUT2D eigenvalue weighted by Crippen LogP contribution is 2.34. The molecule has 0 aliphatic carbocycles. The minimum Gasteiger partial charge on any atom is -0.508 e. The number of fused-ring (bicyclic) bond motifs is 1. The highest BCUT2D eigenvalue weighted by atomic mass is 16.3. The van der Waals surface area contributed by atoms with Gasteiger partial charge in [0.15, 0.2) is 5.78 Å². The van der Waals surface area contributed by atoms with Crippen LogP contribution >= 0.6 is 0 Å². The molecule has 36 heavy (non-hydrogen) atoms. The van der Waals surface area contributed by atoms with Gasteiger partial charge in [-0.2, -0.15) is 0 Å². The maximum absolute atomic E-state index is 13.1. The number of rotatable bonds is 5. The first-order valence-electron chi connectivity index (χ1n) is 12.5. The Labute approximate surface area is 213 Å². The second kappa shape index (κ2) is 11.9. The normalized spacial score (nSPS) is 16.9. The van der Waals surface area contributed by atoms with Crippen molar-refractivity contribution in [2.45, 2.75) is 59.4 Å². The van der Waals surface area contributed by atoms with E-state index < -0.39 is 6.10 Å². The van der Waals surface area contributed by atoms with Crippen molar-refractivity contribution in [3.05, 3.63) is 58.1 Å². The van der Waals surface area contributed by atoms with Crippen molar-refractivity contribution >= 4 is 11.7 Å². The first-order valence-corrected chi connectivity index (χ1v) is 12.5. The fourth-order valence-electron chi connectivity index (χ4n) is 4.35. The van der Waals surface area contributed by atoms with Crippen LogP contribution in [-0.4, -0.2) is 81.0 Å². The number of amides is 1. The summed E-state index contributed by atoms with van der Waals surface area (Å²) in [7, 11) is 2.16. The molecule has 2 aromatic rings. The number of likely N-dealkylation sites (N-methyl/N-ethyl adjacent to an activating group) is 1. The lowest BCUT2D eigenvalue weighted by atomic mass is 9.98. The summed E-state index contributed by atoms with van der Waals surface area (Å²) in [4.78, 5) is 29.6. The van der Waals surface area contributed by atoms with Gasteiger partial charge in [0.25, 0.3) is 5.91 Å². The van der Waals surface area contributed by atoms with E-state index in [-0.39, 0.29) is 34.7 Å². The van der Waals surface area contributed by atoms with Gasteiger partial charge in [-0.05, 0) is 55.1 Å². The molecule has 3 N–H and O–H groups in total. The number of carbonyl (C=O) groups excluding carboxylic acids is 2. The number of phenolic OH excluding ortho intramolecular Hbond substituents is 2. The summed E-state index contributed by atoms with van der Waals surface area (Å²) in [6, 6.07) is 9.42. The summed E-state index contributed by atoms with van der Waals surface area (Å²) in [5, 5.41) is 28.6. The number of Topliss-reactive ketones (excluding diaryl/α,β-unsaturated/α-hetero) is 1. The van der Waals surface area contributed by atoms with E-state index in [2.05, 4.69) is 35.0 Å². The number of carbonyl (C=O) groups is 2. The van der Waals surface area contributed by atoms with Gasteiger partial charge in [0.2, 0.25) is 0 Å². The average molecular weight is 498 g/mol. The van der Waals surface area contributed by atoms with E-state index in [1.165, 1.54) is 31.0 Å². The highest BCUT2D eigenvalue weighted by Gasteiger charge is 2.27. The Bertz CT molecular complexity index is 1090. The van der Waals surface area contributed by atoms with Crippen LogP contribution < -0.4 is 0 Å². The van der Waals surface area contributed by atoms with Crippen molar-refractivity contribution in [1.29, 1.82) is 0 Å². The summed E-state index contributed by atoms with van der Waals surface area (Å²) in [6.07, 6.45) is -0.787. The lowest BCUT2D eigenvalue weighted by molar-refractivity contribution is -0.124. The number of phenols is 2. The van der Waals surface area contributed by atoms with Gasteiger partial charge < -0.3 is 25.1 Å². The monoisotopic (exact) mass is 497 g/mol. The van der Waals surface area contributed by atoms with E-state index in [9.17, 15) is 19.8 Å². The van der Waals surface area contributed by atoms with E-state index in [0.717, 1.165) is 38.3 Å². The Balaban J connectivity index is 0.000000538. The van der Waals surface area contributed by atoms with E-state index in [4.69, 9.17) is 5.11 Å². The van der Waals surface area contributed by atoms with Crippen LogP contribution in [0.1, 0.15) is 66.2 Å². The lowest BCUT2D eigenvalue weighted by Gasteiger charge is -2.32. The SMILES string of the molecule is CC(=O)[C@H](C)O.CC(C)c1cc(C(=O)N2Cc3ccc(CN4CCN(C)CC4)cc3C2)c(O)cc1O. The van der Waals surface area contributed by atoms with Crippen LogP contribution in [0.5, 0.6) is 11.5 Å². The standard InChI is InChI=1S/C24H31N3O3.C4H8O2/c1-16(2)20-11-21(23(29)12-22(20)28)24(30)27-14-18-5-4-17(10-19(18)15-27)13-26-8-6-25(3)7-9-26;1-3(5)4(2)6/h4-5,10-12,16,28-29H,6-9,13-15H2,1-3H3;3,5H,1-2H3/t;3-/m.0/s1. The largest absolute Gasteiger partial charge is 0.508 e. The average Bonchev–Trinajstić information content (AvgIpc) is 3.24. The van der Waals surface area contributed by atoms with Crippen LogP contribution in [0.2, 0.25) is 0 Å². The van der Waals surface area contributed by atoms with Crippen LogP contribution in [0.3, 0.4) is 0 Å². The third kappa shape index (κ3) is 6.84. The van der Waals surface area contributed by atoms with Gasteiger partial charge in [0, 0.05) is 51.9 Å². The topological polar surface area (TPSA) is 105 Å². The summed E-state index contributed by atoms with van der Waals surface area (Å²) in [6.45, 7) is 13.1. The number of hydrogen-bond acceptors (Lipinski definition) is 7. The predicted molar refractivity (Wildman–Crippen MR) is 139 cm³/mol. The molecule has 8 heteroatoms. The van der Waals surface area contributed by atoms with E-state index in [1.807, 2.05) is 13.8 Å². The van der Waals surface area contributed by atoms with E-state index in [1.54, 1.807) is 11.0 Å². The molecule has 2 aromatic carbocycles. The molecule has 8 nitrogen and oxygen atoms in total. The fraction of sp³-hybridized carbons (Fsp3) is 0.500. The molecule has 0 spiro atoms. The maximum Gasteiger partial charge on any atom is 0.258 e. The Hall–Kier alpha value is -2.94. The van der Waals surface area contributed by atoms with Crippen LogP contribution in [0.15, 0.2) is 30.3 Å². The molecule has 1 atom stereocenters. The van der Waals surface area contributed by atoms with Crippen molar-refractivity contribution in [3.8, 4) is 11.5 Å². The van der Waals surface area contributed by atoms with Gasteiger partial charge >= 0.3 is 0 Å². The molecule has 1 amide bonds. The molecule has 2 aliphatic rings. The summed E-state index contributed by atoms with van der Waals surface area (Å²) in [5.41, 5.74) is 4.54. The molecule has 0 radical (unpaired) electrons. The smallest absolute Gasteiger partial charge is 0.258 e. The summed E-state index contributed by atoms with van der Waals surface area (Å²) < 4.78 is 0. The zero-order valence-corrected chi connectivity index (χ0v) is 22.0. The summed E-state index contributed by atoms with van der Waals surface area (Å²) in [5.74, 6) is -0.475. The number of piperazine rings is 1. The zero-order valence-electron chi connectivity index (χ0n) is 22.0. The molecule has 196 valence electrons. The van der Waals surface area contributed by atoms with Crippen molar-refractivity contribution < 1.29 is 24.9 Å². The number of nitrogens with zero attached hydrogens (tertiary/aromatic N) is 3. The second-order valence-corrected chi connectivity index (χ2v) is 10.2. The molecule has 0 saturated carbocycles. The molecular weight excluding hydrogens is 458 g/mol. The van der Waals surface area contributed by atoms with Crippen LogP contribution in [0, 0.1) is 0 Å². The minimum atomic E-state index is -0.787. The molecule has 1 fully saturated rings. The van der Waals surface area contributed by atoms with E-state index >= 15 is 0 Å². The Morgan fingerprint density at radius 1 is 0.917 bits per heavy atom. The second-order valence-electron chi connectivity index (χ2n) is 10.2. The number of aliphatic hydroxyl groups excluding tert-OH is 1. The fourth-order valence-corrected chi connectivity index (χ4v) is 4.35. The highest BCUT2D eigenvalue weighted by molar-refractivity contribution is 5.97. The van der Waals surface area contributed by atoms with Crippen molar-refractivity contribution in [3.63, 3.8) is 0 Å². The molecule has 0 unspecified atom stereocenters. The quantitative estimate of drug-likeness (QED) is 0.583. The van der Waals surface area contributed by atoms with Gasteiger partial charge in [-0.1, -0.05) is 32.0 Å². The number of ketones is 1. The van der Waals surface area contributed by atoms with Crippen LogP contribution in [0.4, 0.5) is 0 Å². The maximum atomic E-state index is 13.1. The van der Waals surface area contributed by atoms with Crippen molar-refractivity contribution in [1.82, 2.24) is 14.7 Å². The third-order valence-electron chi connectivity index (χ3n) is 6.87. The molecular formula is C28H39N3O5. The van der Waals surface area contributed by atoms with Gasteiger partial charge in [-0.25, -0.2) is 0 Å². The van der Waals surface area contributed by atoms with Gasteiger partial charge in [-0.3, -0.25) is 14.5 Å².